The fraction of sp³-hybridized carbons (Fsp3) is 0.533. The van der Waals surface area contributed by atoms with Crippen LogP contribution >= 0.6 is 15.9 Å². The maximum Gasteiger partial charge on any atom is 0.242 e. The molecule has 1 heterocycles. The molecule has 1 aliphatic heterocycles. The quantitative estimate of drug-likeness (QED) is 0.863. The second-order valence-corrected chi connectivity index (χ2v) is 6.57. The molecular weight excluding hydrogens is 304 g/mol. The minimum absolute atomic E-state index is 0.149. The van der Waals surface area contributed by atoms with Crippen LogP contribution in [-0.4, -0.2) is 22.9 Å². The number of carbonyl (C=O) groups is 1. The van der Waals surface area contributed by atoms with Crippen molar-refractivity contribution < 1.29 is 4.79 Å². The zero-order valence-electron chi connectivity index (χ0n) is 11.0. The molecule has 0 saturated heterocycles. The summed E-state index contributed by atoms with van der Waals surface area (Å²) in [5, 5.41) is 0. The van der Waals surface area contributed by atoms with Gasteiger partial charge in [0.1, 0.15) is 0 Å². The maximum atomic E-state index is 12.6. The van der Waals surface area contributed by atoms with Crippen molar-refractivity contribution >= 4 is 21.8 Å². The first-order chi connectivity index (χ1) is 9.10. The lowest BCUT2D eigenvalue weighted by Crippen LogP contribution is -2.54. The second kappa shape index (κ2) is 4.91. The molecule has 19 heavy (non-hydrogen) atoms. The van der Waals surface area contributed by atoms with E-state index in [2.05, 4.69) is 28.1 Å². The number of nitrogens with zero attached hydrogens (tertiary/aromatic N) is 1. The Balaban J connectivity index is 1.80. The third-order valence-electron chi connectivity index (χ3n) is 4.42. The van der Waals surface area contributed by atoms with Crippen LogP contribution in [0, 0.1) is 0 Å². The largest absolute Gasteiger partial charge is 0.336 e. The second-order valence-electron chi connectivity index (χ2n) is 5.72. The highest BCUT2D eigenvalue weighted by molar-refractivity contribution is 9.10. The number of nitrogens with two attached hydrogens (primary N) is 1. The van der Waals surface area contributed by atoms with Crippen molar-refractivity contribution in [3.8, 4) is 0 Å². The van der Waals surface area contributed by atoms with E-state index in [-0.39, 0.29) is 5.91 Å². The van der Waals surface area contributed by atoms with Crippen LogP contribution < -0.4 is 5.73 Å². The number of amides is 1. The summed E-state index contributed by atoms with van der Waals surface area (Å²) >= 11 is 3.59. The Morgan fingerprint density at radius 2 is 2.05 bits per heavy atom. The molecular formula is C15H19BrN2O. The van der Waals surface area contributed by atoms with Gasteiger partial charge in [-0.1, -0.05) is 40.9 Å². The van der Waals surface area contributed by atoms with Crippen molar-refractivity contribution in [3.63, 3.8) is 0 Å². The van der Waals surface area contributed by atoms with Gasteiger partial charge >= 0.3 is 0 Å². The number of fused-ring (bicyclic) bond motifs is 1. The molecule has 0 unspecified atom stereocenters. The van der Waals surface area contributed by atoms with Crippen LogP contribution in [0.1, 0.15) is 36.8 Å². The van der Waals surface area contributed by atoms with Crippen LogP contribution in [0.4, 0.5) is 0 Å². The summed E-state index contributed by atoms with van der Waals surface area (Å²) in [6.07, 6.45) is 4.76. The Labute approximate surface area is 122 Å². The molecule has 1 amide bonds. The van der Waals surface area contributed by atoms with Gasteiger partial charge in [-0.3, -0.25) is 4.79 Å². The van der Waals surface area contributed by atoms with Gasteiger partial charge in [0.25, 0.3) is 0 Å². The number of rotatable bonds is 1. The van der Waals surface area contributed by atoms with E-state index in [9.17, 15) is 4.79 Å². The Morgan fingerprint density at radius 1 is 1.32 bits per heavy atom. The molecule has 1 saturated carbocycles. The van der Waals surface area contributed by atoms with Crippen LogP contribution in [0.3, 0.4) is 0 Å². The van der Waals surface area contributed by atoms with Crippen molar-refractivity contribution in [2.45, 2.75) is 44.2 Å². The molecule has 0 atom stereocenters. The molecule has 2 N–H and O–H groups in total. The molecule has 3 nitrogen and oxygen atoms in total. The number of hydrogen-bond acceptors (Lipinski definition) is 2. The summed E-state index contributed by atoms with van der Waals surface area (Å²) in [7, 11) is 0. The van der Waals surface area contributed by atoms with Crippen LogP contribution in [-0.2, 0) is 17.8 Å². The molecule has 4 heteroatoms. The minimum atomic E-state index is -0.594. The summed E-state index contributed by atoms with van der Waals surface area (Å²) in [4.78, 5) is 14.6. The van der Waals surface area contributed by atoms with Crippen LogP contribution in [0.2, 0.25) is 0 Å². The van der Waals surface area contributed by atoms with Crippen molar-refractivity contribution in [3.05, 3.63) is 33.8 Å². The smallest absolute Gasteiger partial charge is 0.242 e. The average Bonchev–Trinajstić information content (AvgIpc) is 2.86. The fourth-order valence-electron chi connectivity index (χ4n) is 3.27. The van der Waals surface area contributed by atoms with Crippen molar-refractivity contribution in [1.82, 2.24) is 4.90 Å². The maximum absolute atomic E-state index is 12.6. The predicted molar refractivity (Wildman–Crippen MR) is 78.6 cm³/mol. The van der Waals surface area contributed by atoms with Gasteiger partial charge in [-0.25, -0.2) is 0 Å². The molecule has 1 aromatic rings. The van der Waals surface area contributed by atoms with Gasteiger partial charge in [0, 0.05) is 17.6 Å². The lowest BCUT2D eigenvalue weighted by Gasteiger charge is -2.35. The van der Waals surface area contributed by atoms with E-state index in [1.165, 1.54) is 11.1 Å². The van der Waals surface area contributed by atoms with E-state index >= 15 is 0 Å². The molecule has 2 aliphatic rings. The van der Waals surface area contributed by atoms with Gasteiger partial charge in [0.2, 0.25) is 5.91 Å². The molecule has 1 aromatic carbocycles. The molecule has 1 fully saturated rings. The predicted octanol–water partition coefficient (Wildman–Crippen LogP) is 2.61. The molecule has 0 radical (unpaired) electrons. The summed E-state index contributed by atoms with van der Waals surface area (Å²) in [6.45, 7) is 1.49. The lowest BCUT2D eigenvalue weighted by atomic mass is 9.94. The summed E-state index contributed by atoms with van der Waals surface area (Å²) < 4.78 is 1.15. The lowest BCUT2D eigenvalue weighted by molar-refractivity contribution is -0.137. The Kier molecular flexibility index (Phi) is 3.39. The number of benzene rings is 1. The van der Waals surface area contributed by atoms with Gasteiger partial charge in [0.05, 0.1) is 5.54 Å². The van der Waals surface area contributed by atoms with Crippen LogP contribution in [0.5, 0.6) is 0 Å². The van der Waals surface area contributed by atoms with E-state index < -0.39 is 5.54 Å². The molecule has 0 aromatic heterocycles. The first-order valence-corrected chi connectivity index (χ1v) is 7.74. The highest BCUT2D eigenvalue weighted by atomic mass is 79.9. The van der Waals surface area contributed by atoms with Crippen LogP contribution in [0.15, 0.2) is 22.7 Å². The van der Waals surface area contributed by atoms with Gasteiger partial charge in [-0.05, 0) is 36.5 Å². The van der Waals surface area contributed by atoms with Crippen LogP contribution in [0.25, 0.3) is 0 Å². The van der Waals surface area contributed by atoms with E-state index in [4.69, 9.17) is 5.73 Å². The van der Waals surface area contributed by atoms with E-state index in [1.807, 2.05) is 11.0 Å². The Hall–Kier alpha value is -0.870. The molecule has 1 aliphatic carbocycles. The van der Waals surface area contributed by atoms with E-state index in [1.54, 1.807) is 0 Å². The average molecular weight is 323 g/mol. The number of hydrogen-bond donors (Lipinski definition) is 1. The highest BCUT2D eigenvalue weighted by Gasteiger charge is 2.40. The zero-order valence-corrected chi connectivity index (χ0v) is 12.6. The highest BCUT2D eigenvalue weighted by Crippen LogP contribution is 2.32. The van der Waals surface area contributed by atoms with Gasteiger partial charge in [0.15, 0.2) is 0 Å². The summed E-state index contributed by atoms with van der Waals surface area (Å²) in [5.74, 6) is 0.149. The van der Waals surface area contributed by atoms with Gasteiger partial charge in [-0.2, -0.15) is 0 Å². The summed E-state index contributed by atoms with van der Waals surface area (Å²) in [6, 6.07) is 6.21. The Bertz CT molecular complexity index is 509. The first kappa shape index (κ1) is 13.1. The molecule has 0 bridgehead atoms. The molecule has 102 valence electrons. The van der Waals surface area contributed by atoms with E-state index in [0.29, 0.717) is 6.54 Å². The SMILES string of the molecule is NC1(C(=O)N2CCc3c(Br)cccc3C2)CCCC1. The standard InChI is InChI=1S/C15H19BrN2O/c16-13-5-3-4-11-10-18(9-6-12(11)13)14(19)15(17)7-1-2-8-15/h3-5H,1-2,6-10,17H2. The monoisotopic (exact) mass is 322 g/mol. The van der Waals surface area contributed by atoms with Gasteiger partial charge < -0.3 is 10.6 Å². The third-order valence-corrected chi connectivity index (χ3v) is 5.16. The van der Waals surface area contributed by atoms with Gasteiger partial charge in [-0.15, -0.1) is 0 Å². The zero-order chi connectivity index (χ0) is 13.5. The van der Waals surface area contributed by atoms with E-state index in [0.717, 1.165) is 43.1 Å². The normalized spacial score (nSPS) is 21.3. The number of carbonyl (C=O) groups excluding carboxylic acids is 1. The molecule has 3 rings (SSSR count). The van der Waals surface area contributed by atoms with Crippen molar-refractivity contribution in [2.75, 3.05) is 6.54 Å². The summed E-state index contributed by atoms with van der Waals surface area (Å²) in [5.41, 5.74) is 8.27. The number of halogens is 1. The fourth-order valence-corrected chi connectivity index (χ4v) is 3.88. The minimum Gasteiger partial charge on any atom is -0.336 e. The van der Waals surface area contributed by atoms with Crippen molar-refractivity contribution in [1.29, 1.82) is 0 Å². The van der Waals surface area contributed by atoms with Crippen molar-refractivity contribution in [2.24, 2.45) is 5.73 Å². The molecule has 0 spiro atoms. The topological polar surface area (TPSA) is 46.3 Å². The Morgan fingerprint density at radius 3 is 2.79 bits per heavy atom. The third kappa shape index (κ3) is 2.32. The first-order valence-electron chi connectivity index (χ1n) is 6.95.